The zero-order valence-corrected chi connectivity index (χ0v) is 28.2. The topological polar surface area (TPSA) is 38.7 Å². The molecule has 10 aromatic rings. The molecule has 7 aromatic carbocycles. The maximum Gasteiger partial charge on any atom is 0.0780 e. The standard InChI is InChI=1S/C49H31N3/c1-3-19-40-32(11-1)13-5-21-42(40)38-30-46(52-47(31-38)45-24-6-14-33-12-2-4-20-41(33)45)39-28-36(43-22-7-15-34-17-9-25-50-48(34)43)27-37(29-39)44-23-8-16-35-18-10-26-51-49(35)44/h1-31H. The molecule has 3 nitrogen and oxygen atoms in total. The van der Waals surface area contributed by atoms with E-state index in [2.05, 4.69) is 164 Å². The monoisotopic (exact) mass is 661 g/mol. The predicted octanol–water partition coefficient (Wildman–Crippen LogP) is 12.8. The Bertz CT molecular complexity index is 2560. The summed E-state index contributed by atoms with van der Waals surface area (Å²) in [7, 11) is 0. The number of aromatic nitrogens is 3. The van der Waals surface area contributed by atoms with Gasteiger partial charge in [-0.2, -0.15) is 0 Å². The molecular weight excluding hydrogens is 631 g/mol. The lowest BCUT2D eigenvalue weighted by Crippen LogP contribution is -1.94. The first-order chi connectivity index (χ1) is 25.8. The van der Waals surface area contributed by atoms with Gasteiger partial charge in [-0.3, -0.25) is 9.97 Å². The highest BCUT2D eigenvalue weighted by molar-refractivity contribution is 6.02. The number of hydrogen-bond acceptors (Lipinski definition) is 3. The third kappa shape index (κ3) is 5.19. The van der Waals surface area contributed by atoms with E-state index in [0.29, 0.717) is 0 Å². The summed E-state index contributed by atoms with van der Waals surface area (Å²) in [5, 5.41) is 7.00. The largest absolute Gasteiger partial charge is 0.256 e. The van der Waals surface area contributed by atoms with Gasteiger partial charge < -0.3 is 0 Å². The van der Waals surface area contributed by atoms with E-state index in [9.17, 15) is 0 Å². The Labute approximate surface area is 301 Å². The summed E-state index contributed by atoms with van der Waals surface area (Å²) < 4.78 is 0. The summed E-state index contributed by atoms with van der Waals surface area (Å²) in [5.41, 5.74) is 12.5. The van der Waals surface area contributed by atoms with E-state index < -0.39 is 0 Å². The van der Waals surface area contributed by atoms with Crippen molar-refractivity contribution in [1.29, 1.82) is 0 Å². The number of rotatable bonds is 5. The van der Waals surface area contributed by atoms with Gasteiger partial charge in [0.1, 0.15) is 0 Å². The fraction of sp³-hybridized carbons (Fsp3) is 0. The van der Waals surface area contributed by atoms with Crippen LogP contribution in [0.3, 0.4) is 0 Å². The molecule has 3 heterocycles. The molecule has 0 bridgehead atoms. The van der Waals surface area contributed by atoms with Gasteiger partial charge in [0.05, 0.1) is 22.4 Å². The minimum Gasteiger partial charge on any atom is -0.256 e. The highest BCUT2D eigenvalue weighted by atomic mass is 14.7. The average Bonchev–Trinajstić information content (AvgIpc) is 3.22. The number of benzene rings is 7. The molecule has 0 amide bonds. The molecule has 0 atom stereocenters. The number of nitrogens with zero attached hydrogens (tertiary/aromatic N) is 3. The number of hydrogen-bond donors (Lipinski definition) is 0. The second-order valence-electron chi connectivity index (χ2n) is 13.2. The minimum absolute atomic E-state index is 0.901. The molecule has 0 aliphatic heterocycles. The Morgan fingerprint density at radius 2 is 0.712 bits per heavy atom. The van der Waals surface area contributed by atoms with E-state index in [1.54, 1.807) is 0 Å². The average molecular weight is 662 g/mol. The van der Waals surface area contributed by atoms with E-state index in [0.717, 1.165) is 72.1 Å². The molecule has 0 radical (unpaired) electrons. The van der Waals surface area contributed by atoms with E-state index in [-0.39, 0.29) is 0 Å². The van der Waals surface area contributed by atoms with Gasteiger partial charge in [0.25, 0.3) is 0 Å². The summed E-state index contributed by atoms with van der Waals surface area (Å²) >= 11 is 0. The van der Waals surface area contributed by atoms with Crippen molar-refractivity contribution in [3.8, 4) is 55.9 Å². The molecule has 0 saturated carbocycles. The second-order valence-corrected chi connectivity index (χ2v) is 13.2. The molecule has 0 spiro atoms. The molecule has 0 aliphatic rings. The van der Waals surface area contributed by atoms with Crippen LogP contribution in [0.15, 0.2) is 188 Å². The van der Waals surface area contributed by atoms with E-state index in [1.807, 2.05) is 24.5 Å². The summed E-state index contributed by atoms with van der Waals surface area (Å²) in [6.45, 7) is 0. The van der Waals surface area contributed by atoms with Crippen LogP contribution in [0.1, 0.15) is 0 Å². The molecule has 52 heavy (non-hydrogen) atoms. The summed E-state index contributed by atoms with van der Waals surface area (Å²) in [6.07, 6.45) is 3.74. The first-order valence-electron chi connectivity index (χ1n) is 17.6. The quantitative estimate of drug-likeness (QED) is 0.184. The van der Waals surface area contributed by atoms with Crippen LogP contribution in [0.2, 0.25) is 0 Å². The third-order valence-corrected chi connectivity index (χ3v) is 10.1. The fourth-order valence-corrected chi connectivity index (χ4v) is 7.66. The van der Waals surface area contributed by atoms with E-state index in [1.165, 1.54) is 27.1 Å². The Kier molecular flexibility index (Phi) is 7.14. The molecular formula is C49H31N3. The highest BCUT2D eigenvalue weighted by Gasteiger charge is 2.17. The third-order valence-electron chi connectivity index (χ3n) is 10.1. The van der Waals surface area contributed by atoms with Crippen LogP contribution in [0.25, 0.3) is 99.2 Å². The van der Waals surface area contributed by atoms with Crippen molar-refractivity contribution in [2.75, 3.05) is 0 Å². The number of para-hydroxylation sites is 2. The summed E-state index contributed by atoms with van der Waals surface area (Å²) in [5.74, 6) is 0. The van der Waals surface area contributed by atoms with E-state index >= 15 is 0 Å². The number of fused-ring (bicyclic) bond motifs is 4. The van der Waals surface area contributed by atoms with Gasteiger partial charge in [0.2, 0.25) is 0 Å². The lowest BCUT2D eigenvalue weighted by atomic mass is 9.91. The van der Waals surface area contributed by atoms with Crippen molar-refractivity contribution >= 4 is 43.4 Å². The van der Waals surface area contributed by atoms with Crippen LogP contribution in [0.5, 0.6) is 0 Å². The van der Waals surface area contributed by atoms with E-state index in [4.69, 9.17) is 15.0 Å². The fourth-order valence-electron chi connectivity index (χ4n) is 7.66. The van der Waals surface area contributed by atoms with Crippen LogP contribution in [-0.4, -0.2) is 15.0 Å². The SMILES string of the molecule is c1ccc2c(-c3cc(-c4cc(-c5cccc6cccnc56)cc(-c5cccc6cccnc56)c4)nc(-c4cccc5ccccc45)c3)cccc2c1. The van der Waals surface area contributed by atoms with Gasteiger partial charge in [0.15, 0.2) is 0 Å². The van der Waals surface area contributed by atoms with Crippen molar-refractivity contribution < 1.29 is 0 Å². The van der Waals surface area contributed by atoms with Crippen LogP contribution in [0.4, 0.5) is 0 Å². The van der Waals surface area contributed by atoms with Gasteiger partial charge in [0, 0.05) is 45.4 Å². The van der Waals surface area contributed by atoms with Crippen LogP contribution in [-0.2, 0) is 0 Å². The second kappa shape index (κ2) is 12.4. The molecule has 0 saturated heterocycles. The molecule has 0 N–H and O–H groups in total. The molecule has 3 aromatic heterocycles. The maximum absolute atomic E-state index is 5.49. The lowest BCUT2D eigenvalue weighted by Gasteiger charge is -2.16. The minimum atomic E-state index is 0.901. The van der Waals surface area contributed by atoms with Gasteiger partial charge >= 0.3 is 0 Å². The predicted molar refractivity (Wildman–Crippen MR) is 217 cm³/mol. The Hall–Kier alpha value is -6.97. The number of pyridine rings is 3. The first kappa shape index (κ1) is 29.9. The summed E-state index contributed by atoms with van der Waals surface area (Å²) in [4.78, 5) is 15.2. The Balaban J connectivity index is 1.28. The zero-order valence-electron chi connectivity index (χ0n) is 28.2. The smallest absolute Gasteiger partial charge is 0.0780 e. The van der Waals surface area contributed by atoms with Gasteiger partial charge in [-0.15, -0.1) is 0 Å². The highest BCUT2D eigenvalue weighted by Crippen LogP contribution is 2.40. The zero-order chi connectivity index (χ0) is 34.4. The van der Waals surface area contributed by atoms with Gasteiger partial charge in [-0.1, -0.05) is 133 Å². The molecule has 0 unspecified atom stereocenters. The van der Waals surface area contributed by atoms with Crippen molar-refractivity contribution in [3.05, 3.63) is 188 Å². The normalized spacial score (nSPS) is 11.5. The lowest BCUT2D eigenvalue weighted by molar-refractivity contribution is 1.33. The van der Waals surface area contributed by atoms with Crippen LogP contribution >= 0.6 is 0 Å². The van der Waals surface area contributed by atoms with Crippen molar-refractivity contribution in [2.24, 2.45) is 0 Å². The molecule has 3 heteroatoms. The van der Waals surface area contributed by atoms with Crippen molar-refractivity contribution in [1.82, 2.24) is 15.0 Å². The van der Waals surface area contributed by atoms with Crippen LogP contribution < -0.4 is 0 Å². The van der Waals surface area contributed by atoms with Crippen molar-refractivity contribution in [3.63, 3.8) is 0 Å². The molecule has 0 fully saturated rings. The first-order valence-corrected chi connectivity index (χ1v) is 17.6. The molecule has 0 aliphatic carbocycles. The Morgan fingerprint density at radius 1 is 0.288 bits per heavy atom. The van der Waals surface area contributed by atoms with Crippen LogP contribution in [0, 0.1) is 0 Å². The summed E-state index contributed by atoms with van der Waals surface area (Å²) in [6, 6.07) is 62.6. The van der Waals surface area contributed by atoms with Crippen molar-refractivity contribution in [2.45, 2.75) is 0 Å². The molecule has 10 rings (SSSR count). The maximum atomic E-state index is 5.49. The van der Waals surface area contributed by atoms with Gasteiger partial charge in [-0.25, -0.2) is 4.98 Å². The Morgan fingerprint density at radius 3 is 1.33 bits per heavy atom. The molecule has 242 valence electrons. The van der Waals surface area contributed by atoms with Gasteiger partial charge in [-0.05, 0) is 86.3 Å².